The minimum Gasteiger partial charge on any atom is -0.345 e. The maximum absolute atomic E-state index is 12.7. The lowest BCUT2D eigenvalue weighted by atomic mass is 10.1. The van der Waals surface area contributed by atoms with Gasteiger partial charge in [-0.05, 0) is 18.9 Å². The summed E-state index contributed by atoms with van der Waals surface area (Å²) in [6.07, 6.45) is 5.73. The van der Waals surface area contributed by atoms with E-state index in [1.54, 1.807) is 16.0 Å². The summed E-state index contributed by atoms with van der Waals surface area (Å²) in [6.45, 7) is 3.80. The number of hydrogen-bond donors (Lipinski definition) is 0. The van der Waals surface area contributed by atoms with Crippen molar-refractivity contribution in [3.63, 3.8) is 0 Å². The van der Waals surface area contributed by atoms with Crippen LogP contribution in [0.25, 0.3) is 0 Å². The topological polar surface area (TPSA) is 58.4 Å². The van der Waals surface area contributed by atoms with E-state index >= 15 is 0 Å². The Labute approximate surface area is 160 Å². The van der Waals surface area contributed by atoms with Crippen LogP contribution in [0, 0.1) is 12.8 Å². The van der Waals surface area contributed by atoms with E-state index in [9.17, 15) is 9.59 Å². The van der Waals surface area contributed by atoms with Crippen LogP contribution in [0.3, 0.4) is 0 Å². The molecule has 2 heterocycles. The molecule has 2 aromatic rings. The van der Waals surface area contributed by atoms with Gasteiger partial charge in [-0.15, -0.1) is 0 Å². The molecule has 1 aromatic heterocycles. The third-order valence-electron chi connectivity index (χ3n) is 5.25. The molecule has 1 aliphatic heterocycles. The van der Waals surface area contributed by atoms with Gasteiger partial charge in [-0.3, -0.25) is 9.59 Å². The van der Waals surface area contributed by atoms with Gasteiger partial charge >= 0.3 is 0 Å². The molecular formula is C21H28N4O2. The van der Waals surface area contributed by atoms with Crippen LogP contribution in [0.15, 0.2) is 36.7 Å². The number of hydrogen-bond acceptors (Lipinski definition) is 3. The van der Waals surface area contributed by atoms with Crippen molar-refractivity contribution < 1.29 is 9.59 Å². The minimum absolute atomic E-state index is 0.0644. The van der Waals surface area contributed by atoms with Gasteiger partial charge in [0.2, 0.25) is 11.8 Å². The number of aryl methyl sites for hydroxylation is 3. The molecular weight excluding hydrogens is 340 g/mol. The third-order valence-corrected chi connectivity index (χ3v) is 5.25. The Hall–Kier alpha value is -2.63. The highest BCUT2D eigenvalue weighted by Crippen LogP contribution is 2.22. The monoisotopic (exact) mass is 368 g/mol. The van der Waals surface area contributed by atoms with Crippen LogP contribution in [0.1, 0.15) is 29.8 Å². The lowest BCUT2D eigenvalue weighted by molar-refractivity contribution is -0.134. The third kappa shape index (κ3) is 4.76. The van der Waals surface area contributed by atoms with E-state index in [0.29, 0.717) is 26.1 Å². The van der Waals surface area contributed by atoms with Crippen LogP contribution in [-0.4, -0.2) is 51.3 Å². The van der Waals surface area contributed by atoms with Crippen molar-refractivity contribution in [2.45, 2.75) is 32.7 Å². The lowest BCUT2D eigenvalue weighted by Crippen LogP contribution is -2.35. The maximum Gasteiger partial charge on any atom is 0.227 e. The molecule has 27 heavy (non-hydrogen) atoms. The van der Waals surface area contributed by atoms with E-state index in [-0.39, 0.29) is 17.7 Å². The Kier molecular flexibility index (Phi) is 5.94. The van der Waals surface area contributed by atoms with Crippen LogP contribution in [-0.2, 0) is 29.6 Å². The number of imidazole rings is 1. The molecule has 1 saturated heterocycles. The van der Waals surface area contributed by atoms with Gasteiger partial charge in [0.05, 0.1) is 5.92 Å². The number of carbonyl (C=O) groups is 2. The molecule has 6 nitrogen and oxygen atoms in total. The standard InChI is InChI=1S/C21H28N4O2/c1-16-6-8-17(9-7-16)14-25-15-18(13-20(25)26)21(27)24(3)11-4-5-19-22-10-12-23(19)2/h6-10,12,18H,4-5,11,13-15H2,1-3H3/t18-/m0/s1. The first-order chi connectivity index (χ1) is 12.9. The molecule has 1 aromatic carbocycles. The first kappa shape index (κ1) is 19.1. The molecule has 1 atom stereocenters. The summed E-state index contributed by atoms with van der Waals surface area (Å²) < 4.78 is 2.00. The molecule has 0 radical (unpaired) electrons. The number of rotatable bonds is 7. The predicted molar refractivity (Wildman–Crippen MR) is 104 cm³/mol. The Balaban J connectivity index is 1.48. The molecule has 3 rings (SSSR count). The fraction of sp³-hybridized carbons (Fsp3) is 0.476. The molecule has 144 valence electrons. The van der Waals surface area contributed by atoms with Gasteiger partial charge in [-0.25, -0.2) is 4.98 Å². The second-order valence-electron chi connectivity index (χ2n) is 7.48. The Morgan fingerprint density at radius 1 is 1.30 bits per heavy atom. The summed E-state index contributed by atoms with van der Waals surface area (Å²) in [7, 11) is 3.80. The van der Waals surface area contributed by atoms with Gasteiger partial charge in [0.15, 0.2) is 0 Å². The van der Waals surface area contributed by atoms with E-state index in [2.05, 4.69) is 4.98 Å². The van der Waals surface area contributed by atoms with E-state index in [4.69, 9.17) is 0 Å². The van der Waals surface area contributed by atoms with Crippen molar-refractivity contribution in [1.82, 2.24) is 19.4 Å². The van der Waals surface area contributed by atoms with Crippen molar-refractivity contribution in [2.75, 3.05) is 20.1 Å². The molecule has 0 spiro atoms. The smallest absolute Gasteiger partial charge is 0.227 e. The zero-order valence-corrected chi connectivity index (χ0v) is 16.4. The fourth-order valence-corrected chi connectivity index (χ4v) is 3.54. The number of benzene rings is 1. The summed E-state index contributed by atoms with van der Waals surface area (Å²) in [5, 5.41) is 0. The molecule has 6 heteroatoms. The normalized spacial score (nSPS) is 16.8. The number of carbonyl (C=O) groups excluding carboxylic acids is 2. The van der Waals surface area contributed by atoms with Crippen LogP contribution >= 0.6 is 0 Å². The Bertz CT molecular complexity index is 797. The summed E-state index contributed by atoms with van der Waals surface area (Å²) in [6, 6.07) is 8.19. The van der Waals surface area contributed by atoms with Crippen LogP contribution in [0.5, 0.6) is 0 Å². The summed E-state index contributed by atoms with van der Waals surface area (Å²) >= 11 is 0. The van der Waals surface area contributed by atoms with E-state index in [1.165, 1.54) is 5.56 Å². The van der Waals surface area contributed by atoms with Gasteiger partial charge in [0.1, 0.15) is 5.82 Å². The average Bonchev–Trinajstić information content (AvgIpc) is 3.22. The predicted octanol–water partition coefficient (Wildman–Crippen LogP) is 2.17. The highest BCUT2D eigenvalue weighted by atomic mass is 16.2. The quantitative estimate of drug-likeness (QED) is 0.753. The van der Waals surface area contributed by atoms with E-state index in [0.717, 1.165) is 24.2 Å². The van der Waals surface area contributed by atoms with Gasteiger partial charge in [-0.2, -0.15) is 0 Å². The van der Waals surface area contributed by atoms with Crippen LogP contribution in [0.2, 0.25) is 0 Å². The van der Waals surface area contributed by atoms with Crippen molar-refractivity contribution in [1.29, 1.82) is 0 Å². The zero-order valence-electron chi connectivity index (χ0n) is 16.4. The largest absolute Gasteiger partial charge is 0.345 e. The van der Waals surface area contributed by atoms with Crippen molar-refractivity contribution in [3.8, 4) is 0 Å². The van der Waals surface area contributed by atoms with Crippen molar-refractivity contribution in [3.05, 3.63) is 53.6 Å². The molecule has 0 bridgehead atoms. The van der Waals surface area contributed by atoms with Gasteiger partial charge < -0.3 is 14.4 Å². The summed E-state index contributed by atoms with van der Waals surface area (Å²) in [5.41, 5.74) is 2.30. The Morgan fingerprint density at radius 2 is 2.04 bits per heavy atom. The SMILES string of the molecule is Cc1ccc(CN2C[C@@H](C(=O)N(C)CCCc3nccn3C)CC2=O)cc1. The molecule has 1 fully saturated rings. The molecule has 0 aliphatic carbocycles. The van der Waals surface area contributed by atoms with Gasteiger partial charge in [-0.1, -0.05) is 29.8 Å². The number of likely N-dealkylation sites (tertiary alicyclic amines) is 1. The second kappa shape index (κ2) is 8.37. The van der Waals surface area contributed by atoms with E-state index in [1.807, 2.05) is 56.0 Å². The molecule has 0 saturated carbocycles. The van der Waals surface area contributed by atoms with Gasteiger partial charge in [0, 0.05) is 59.0 Å². The second-order valence-corrected chi connectivity index (χ2v) is 7.48. The van der Waals surface area contributed by atoms with Crippen LogP contribution in [0.4, 0.5) is 0 Å². The van der Waals surface area contributed by atoms with Crippen molar-refractivity contribution in [2.24, 2.45) is 13.0 Å². The minimum atomic E-state index is -0.235. The highest BCUT2D eigenvalue weighted by molar-refractivity contribution is 5.89. The number of nitrogens with zero attached hydrogens (tertiary/aromatic N) is 4. The van der Waals surface area contributed by atoms with E-state index < -0.39 is 0 Å². The summed E-state index contributed by atoms with van der Waals surface area (Å²) in [4.78, 5) is 32.9. The lowest BCUT2D eigenvalue weighted by Gasteiger charge is -2.21. The molecule has 0 unspecified atom stereocenters. The fourth-order valence-electron chi connectivity index (χ4n) is 3.54. The Morgan fingerprint density at radius 3 is 2.70 bits per heavy atom. The average molecular weight is 368 g/mol. The van der Waals surface area contributed by atoms with Gasteiger partial charge in [0.25, 0.3) is 0 Å². The van der Waals surface area contributed by atoms with Crippen molar-refractivity contribution >= 4 is 11.8 Å². The van der Waals surface area contributed by atoms with Crippen LogP contribution < -0.4 is 0 Å². The maximum atomic E-state index is 12.7. The molecule has 1 aliphatic rings. The zero-order chi connectivity index (χ0) is 19.4. The number of aromatic nitrogens is 2. The number of amides is 2. The highest BCUT2D eigenvalue weighted by Gasteiger charge is 2.35. The first-order valence-corrected chi connectivity index (χ1v) is 9.48. The molecule has 2 amide bonds. The molecule has 0 N–H and O–H groups in total. The summed E-state index contributed by atoms with van der Waals surface area (Å²) in [5.74, 6) is 0.919. The first-order valence-electron chi connectivity index (χ1n) is 9.48.